The van der Waals surface area contributed by atoms with E-state index in [1.54, 1.807) is 0 Å². The van der Waals surface area contributed by atoms with Crippen LogP contribution < -0.4 is 10.5 Å². The first kappa shape index (κ1) is 15.5. The van der Waals surface area contributed by atoms with Crippen LogP contribution in [0.3, 0.4) is 0 Å². The smallest absolute Gasteiger partial charge is 0.344 e. The molecule has 0 unspecified atom stereocenters. The summed E-state index contributed by atoms with van der Waals surface area (Å²) in [7, 11) is 1.48. The van der Waals surface area contributed by atoms with Crippen molar-refractivity contribution < 1.29 is 23.4 Å². The number of rotatable bonds is 6. The fraction of sp³-hybridized carbons (Fsp3) is 0.455. The summed E-state index contributed by atoms with van der Waals surface area (Å²) in [4.78, 5) is 14.7. The lowest BCUT2D eigenvalue weighted by Crippen LogP contribution is -2.18. The highest BCUT2D eigenvalue weighted by Gasteiger charge is 2.16. The number of halogens is 2. The van der Waals surface area contributed by atoms with E-state index in [1.165, 1.54) is 14.0 Å². The van der Waals surface area contributed by atoms with Crippen molar-refractivity contribution >= 4 is 23.3 Å². The van der Waals surface area contributed by atoms with Crippen LogP contribution in [0.5, 0.6) is 5.88 Å². The highest BCUT2D eigenvalue weighted by molar-refractivity contribution is 6.34. The average Bonchev–Trinajstić information content (AvgIpc) is 2.39. The summed E-state index contributed by atoms with van der Waals surface area (Å²) in [5.41, 5.74) is 5.71. The third kappa shape index (κ3) is 4.22. The fourth-order valence-electron chi connectivity index (χ4n) is 1.12. The predicted molar refractivity (Wildman–Crippen MR) is 66.7 cm³/mol. The molecule has 106 valence electrons. The summed E-state index contributed by atoms with van der Waals surface area (Å²) in [5, 5.41) is -0.0383. The first-order valence-corrected chi connectivity index (χ1v) is 5.73. The lowest BCUT2D eigenvalue weighted by molar-refractivity contribution is -0.147. The summed E-state index contributed by atoms with van der Waals surface area (Å²) in [5.74, 6) is -1.69. The number of nitrogens with zero attached hydrogens (tertiary/aromatic N) is 1. The quantitative estimate of drug-likeness (QED) is 0.484. The molecule has 1 aromatic rings. The molecule has 0 radical (unpaired) electrons. The monoisotopic (exact) mass is 292 g/mol. The zero-order valence-electron chi connectivity index (χ0n) is 10.5. The van der Waals surface area contributed by atoms with Gasteiger partial charge in [-0.15, -0.1) is 0 Å². The summed E-state index contributed by atoms with van der Waals surface area (Å²) in [6, 6.07) is 0. The van der Waals surface area contributed by atoms with Gasteiger partial charge in [-0.05, 0) is 6.92 Å². The van der Waals surface area contributed by atoms with Crippen molar-refractivity contribution in [1.82, 2.24) is 4.98 Å². The van der Waals surface area contributed by atoms with Crippen molar-refractivity contribution in [2.45, 2.75) is 6.92 Å². The molecule has 8 heteroatoms. The number of nitrogen functional groups attached to an aromatic ring is 1. The van der Waals surface area contributed by atoms with Crippen molar-refractivity contribution in [2.24, 2.45) is 0 Å². The molecule has 1 heterocycles. The van der Waals surface area contributed by atoms with Crippen LogP contribution in [0.15, 0.2) is 0 Å². The maximum Gasteiger partial charge on any atom is 0.344 e. The van der Waals surface area contributed by atoms with Crippen LogP contribution in [-0.4, -0.2) is 37.9 Å². The molecule has 0 fully saturated rings. The van der Waals surface area contributed by atoms with Crippen LogP contribution in [0.1, 0.15) is 5.56 Å². The van der Waals surface area contributed by atoms with Crippen molar-refractivity contribution in [2.75, 3.05) is 32.7 Å². The second-order valence-corrected chi connectivity index (χ2v) is 3.94. The molecule has 0 aromatic carbocycles. The number of aromatic nitrogens is 1. The number of pyridine rings is 1. The molecule has 0 aliphatic heterocycles. The Balaban J connectivity index is 2.61. The highest BCUT2D eigenvalue weighted by atomic mass is 35.5. The predicted octanol–water partition coefficient (Wildman–Crippen LogP) is 1.33. The Morgan fingerprint density at radius 3 is 2.79 bits per heavy atom. The van der Waals surface area contributed by atoms with Crippen LogP contribution in [0.4, 0.5) is 10.1 Å². The topological polar surface area (TPSA) is 83.7 Å². The Kier molecular flexibility index (Phi) is 5.78. The van der Waals surface area contributed by atoms with Gasteiger partial charge < -0.3 is 19.9 Å². The van der Waals surface area contributed by atoms with Crippen molar-refractivity contribution in [3.63, 3.8) is 0 Å². The molecule has 0 saturated heterocycles. The number of carbonyl (C=O) groups is 1. The van der Waals surface area contributed by atoms with Gasteiger partial charge in [0.05, 0.1) is 12.3 Å². The number of methoxy groups -OCH3 is 1. The van der Waals surface area contributed by atoms with Gasteiger partial charge in [0.25, 0.3) is 0 Å². The fourth-order valence-corrected chi connectivity index (χ4v) is 1.36. The van der Waals surface area contributed by atoms with E-state index in [4.69, 9.17) is 31.5 Å². The zero-order chi connectivity index (χ0) is 14.4. The van der Waals surface area contributed by atoms with Gasteiger partial charge in [0, 0.05) is 12.7 Å². The van der Waals surface area contributed by atoms with Crippen LogP contribution in [0, 0.1) is 12.9 Å². The maximum atomic E-state index is 13.3. The molecule has 6 nitrogen and oxygen atoms in total. The molecule has 1 rings (SSSR count). The Morgan fingerprint density at radius 2 is 2.16 bits per heavy atom. The van der Waals surface area contributed by atoms with E-state index >= 15 is 0 Å². The molecule has 0 aliphatic carbocycles. The van der Waals surface area contributed by atoms with E-state index in [-0.39, 0.29) is 35.4 Å². The van der Waals surface area contributed by atoms with Gasteiger partial charge in [-0.2, -0.15) is 9.37 Å². The molecule has 0 amide bonds. The molecule has 0 bridgehead atoms. The van der Waals surface area contributed by atoms with E-state index in [0.29, 0.717) is 0 Å². The Morgan fingerprint density at radius 1 is 1.47 bits per heavy atom. The van der Waals surface area contributed by atoms with Gasteiger partial charge >= 0.3 is 5.97 Å². The first-order valence-electron chi connectivity index (χ1n) is 5.35. The number of carbonyl (C=O) groups excluding carboxylic acids is 1. The van der Waals surface area contributed by atoms with E-state index in [1.807, 2.05) is 0 Å². The number of ether oxygens (including phenoxy) is 3. The van der Waals surface area contributed by atoms with Crippen molar-refractivity contribution in [1.29, 1.82) is 0 Å². The van der Waals surface area contributed by atoms with E-state index in [2.05, 4.69) is 4.98 Å². The van der Waals surface area contributed by atoms with Gasteiger partial charge in [0.2, 0.25) is 11.8 Å². The largest absolute Gasteiger partial charge is 0.464 e. The molecule has 2 N–H and O–H groups in total. The number of hydrogen-bond acceptors (Lipinski definition) is 6. The van der Waals surface area contributed by atoms with Crippen molar-refractivity contribution in [3.05, 3.63) is 16.5 Å². The number of esters is 1. The SMILES string of the molecule is COCCOC(=O)COc1nc(F)c(C)c(N)c1Cl. The Bertz CT molecular complexity index is 470. The second-order valence-electron chi connectivity index (χ2n) is 3.56. The average molecular weight is 293 g/mol. The maximum absolute atomic E-state index is 13.3. The normalized spacial score (nSPS) is 10.3. The summed E-state index contributed by atoms with van der Waals surface area (Å²) in [6.07, 6.45) is 0. The van der Waals surface area contributed by atoms with E-state index in [0.717, 1.165) is 0 Å². The second kappa shape index (κ2) is 7.10. The zero-order valence-corrected chi connectivity index (χ0v) is 11.3. The molecular weight excluding hydrogens is 279 g/mol. The lowest BCUT2D eigenvalue weighted by atomic mass is 10.2. The van der Waals surface area contributed by atoms with Crippen LogP contribution in [-0.2, 0) is 14.3 Å². The third-order valence-electron chi connectivity index (χ3n) is 2.21. The number of hydrogen-bond donors (Lipinski definition) is 1. The van der Waals surface area contributed by atoms with Gasteiger partial charge in [-0.1, -0.05) is 11.6 Å². The van der Waals surface area contributed by atoms with Gasteiger partial charge in [0.15, 0.2) is 6.61 Å². The number of nitrogens with two attached hydrogens (primary N) is 1. The third-order valence-corrected chi connectivity index (χ3v) is 2.58. The molecule has 0 aliphatic rings. The van der Waals surface area contributed by atoms with Crippen molar-refractivity contribution in [3.8, 4) is 5.88 Å². The molecule has 0 saturated carbocycles. The molecule has 19 heavy (non-hydrogen) atoms. The summed E-state index contributed by atoms with van der Waals surface area (Å²) >= 11 is 5.83. The molecule has 1 aromatic heterocycles. The van der Waals surface area contributed by atoms with E-state index in [9.17, 15) is 9.18 Å². The molecule has 0 spiro atoms. The van der Waals surface area contributed by atoms with Crippen LogP contribution in [0.2, 0.25) is 5.02 Å². The highest BCUT2D eigenvalue weighted by Crippen LogP contribution is 2.31. The Hall–Kier alpha value is -1.60. The minimum Gasteiger partial charge on any atom is -0.464 e. The standard InChI is InChI=1S/C11H14ClFN2O4/c1-6-9(14)8(12)11(15-10(6)13)19-5-7(16)18-4-3-17-2/h3-5H2,1-2H3,(H2,14,15). The number of anilines is 1. The Labute approximate surface area is 114 Å². The van der Waals surface area contributed by atoms with E-state index < -0.39 is 18.5 Å². The van der Waals surface area contributed by atoms with Gasteiger partial charge in [-0.25, -0.2) is 4.79 Å². The first-order chi connectivity index (χ1) is 8.97. The van der Waals surface area contributed by atoms with Gasteiger partial charge in [0.1, 0.15) is 11.6 Å². The lowest BCUT2D eigenvalue weighted by Gasteiger charge is -2.10. The molecule has 0 atom stereocenters. The summed E-state index contributed by atoms with van der Waals surface area (Å²) < 4.78 is 27.7. The minimum atomic E-state index is -0.801. The molecular formula is C11H14ClFN2O4. The summed E-state index contributed by atoms with van der Waals surface area (Å²) in [6.45, 7) is 1.37. The van der Waals surface area contributed by atoms with Gasteiger partial charge in [-0.3, -0.25) is 0 Å². The van der Waals surface area contributed by atoms with Crippen LogP contribution in [0.25, 0.3) is 0 Å². The van der Waals surface area contributed by atoms with Crippen LogP contribution >= 0.6 is 11.6 Å². The minimum absolute atomic E-state index is 0.0249.